The van der Waals surface area contributed by atoms with Crippen molar-refractivity contribution < 1.29 is 9.90 Å². The first-order valence-corrected chi connectivity index (χ1v) is 6.72. The monoisotopic (exact) mass is 276 g/mol. The second kappa shape index (κ2) is 5.67. The van der Waals surface area contributed by atoms with Gasteiger partial charge in [-0.3, -0.25) is 4.79 Å². The minimum absolute atomic E-state index is 0.0725. The lowest BCUT2D eigenvalue weighted by Crippen LogP contribution is -1.99. The highest BCUT2D eigenvalue weighted by Crippen LogP contribution is 2.32. The van der Waals surface area contributed by atoms with Gasteiger partial charge in [-0.1, -0.05) is 23.9 Å². The van der Waals surface area contributed by atoms with E-state index in [2.05, 4.69) is 11.1 Å². The van der Waals surface area contributed by atoms with E-state index in [1.807, 2.05) is 12.1 Å². The standard InChI is InChI=1S/C12H8N2O2S2/c13-6-8-3-1-2-4-10(8)18-12-14-9(7-17-12)5-11(15)16/h1-4,7H,5H2,(H,15,16). The van der Waals surface area contributed by atoms with E-state index in [0.29, 0.717) is 11.3 Å². The van der Waals surface area contributed by atoms with Gasteiger partial charge in [-0.25, -0.2) is 4.98 Å². The van der Waals surface area contributed by atoms with Crippen molar-refractivity contribution in [3.05, 3.63) is 40.9 Å². The van der Waals surface area contributed by atoms with Gasteiger partial charge >= 0.3 is 5.97 Å². The van der Waals surface area contributed by atoms with Gasteiger partial charge in [0, 0.05) is 10.3 Å². The Morgan fingerprint density at radius 1 is 1.50 bits per heavy atom. The molecule has 0 radical (unpaired) electrons. The minimum atomic E-state index is -0.894. The zero-order valence-corrected chi connectivity index (χ0v) is 10.8. The van der Waals surface area contributed by atoms with Crippen LogP contribution in [-0.4, -0.2) is 16.1 Å². The van der Waals surface area contributed by atoms with Crippen molar-refractivity contribution in [2.45, 2.75) is 15.7 Å². The third-order valence-electron chi connectivity index (χ3n) is 2.07. The van der Waals surface area contributed by atoms with Gasteiger partial charge in [-0.2, -0.15) is 5.26 Å². The molecule has 0 saturated carbocycles. The molecule has 1 heterocycles. The maximum atomic E-state index is 10.6. The third kappa shape index (κ3) is 3.09. The molecule has 2 rings (SSSR count). The maximum Gasteiger partial charge on any atom is 0.309 e. The second-order valence-electron chi connectivity index (χ2n) is 3.39. The van der Waals surface area contributed by atoms with Crippen LogP contribution in [0.25, 0.3) is 0 Å². The molecule has 1 N–H and O–H groups in total. The molecule has 0 aliphatic heterocycles. The number of carboxylic acid groups (broad SMARTS) is 1. The average Bonchev–Trinajstić information content (AvgIpc) is 2.76. The molecule has 90 valence electrons. The summed E-state index contributed by atoms with van der Waals surface area (Å²) in [7, 11) is 0. The molecular formula is C12H8N2O2S2. The summed E-state index contributed by atoms with van der Waals surface area (Å²) in [6, 6.07) is 9.37. The third-order valence-corrected chi connectivity index (χ3v) is 4.13. The number of aromatic nitrogens is 1. The largest absolute Gasteiger partial charge is 0.481 e. The Morgan fingerprint density at radius 3 is 3.00 bits per heavy atom. The summed E-state index contributed by atoms with van der Waals surface area (Å²) in [6.45, 7) is 0. The molecule has 4 nitrogen and oxygen atoms in total. The summed E-state index contributed by atoms with van der Waals surface area (Å²) in [4.78, 5) is 15.6. The average molecular weight is 276 g/mol. The summed E-state index contributed by atoms with van der Waals surface area (Å²) in [6.07, 6.45) is -0.0725. The molecular weight excluding hydrogens is 268 g/mol. The number of nitriles is 1. The van der Waals surface area contributed by atoms with Crippen molar-refractivity contribution in [3.8, 4) is 6.07 Å². The number of benzene rings is 1. The molecule has 0 fully saturated rings. The van der Waals surface area contributed by atoms with E-state index in [1.54, 1.807) is 17.5 Å². The van der Waals surface area contributed by atoms with Crippen molar-refractivity contribution in [3.63, 3.8) is 0 Å². The first-order chi connectivity index (χ1) is 8.69. The highest BCUT2D eigenvalue weighted by atomic mass is 32.2. The fourth-order valence-corrected chi connectivity index (χ4v) is 3.18. The van der Waals surface area contributed by atoms with Crippen molar-refractivity contribution in [2.24, 2.45) is 0 Å². The molecule has 0 unspecified atom stereocenters. The van der Waals surface area contributed by atoms with Crippen molar-refractivity contribution in [1.29, 1.82) is 5.26 Å². The van der Waals surface area contributed by atoms with E-state index in [0.717, 1.165) is 9.24 Å². The van der Waals surface area contributed by atoms with E-state index in [9.17, 15) is 4.79 Å². The van der Waals surface area contributed by atoms with Crippen LogP contribution in [-0.2, 0) is 11.2 Å². The smallest absolute Gasteiger partial charge is 0.309 e. The van der Waals surface area contributed by atoms with Crippen LogP contribution in [0.5, 0.6) is 0 Å². The molecule has 0 aliphatic carbocycles. The van der Waals surface area contributed by atoms with Crippen LogP contribution in [0.15, 0.2) is 38.9 Å². The Bertz CT molecular complexity index is 617. The van der Waals surface area contributed by atoms with Crippen LogP contribution in [0.2, 0.25) is 0 Å². The number of nitrogens with zero attached hydrogens (tertiary/aromatic N) is 2. The summed E-state index contributed by atoms with van der Waals surface area (Å²) in [5, 5.41) is 19.4. The summed E-state index contributed by atoms with van der Waals surface area (Å²) >= 11 is 2.76. The van der Waals surface area contributed by atoms with E-state index >= 15 is 0 Å². The van der Waals surface area contributed by atoms with Crippen LogP contribution in [0.1, 0.15) is 11.3 Å². The molecule has 0 bridgehead atoms. The Balaban J connectivity index is 2.17. The van der Waals surface area contributed by atoms with E-state index in [4.69, 9.17) is 10.4 Å². The summed E-state index contributed by atoms with van der Waals surface area (Å²) < 4.78 is 0.744. The van der Waals surface area contributed by atoms with E-state index in [1.165, 1.54) is 23.1 Å². The number of hydrogen-bond acceptors (Lipinski definition) is 5. The number of carbonyl (C=O) groups is 1. The van der Waals surface area contributed by atoms with E-state index < -0.39 is 5.97 Å². The molecule has 0 aliphatic rings. The predicted octanol–water partition coefficient (Wildman–Crippen LogP) is 2.79. The lowest BCUT2D eigenvalue weighted by molar-refractivity contribution is -0.136. The zero-order valence-electron chi connectivity index (χ0n) is 9.16. The highest BCUT2D eigenvalue weighted by Gasteiger charge is 2.09. The molecule has 18 heavy (non-hydrogen) atoms. The van der Waals surface area contributed by atoms with E-state index in [-0.39, 0.29) is 6.42 Å². The van der Waals surface area contributed by atoms with Crippen molar-refractivity contribution >= 4 is 29.1 Å². The van der Waals surface area contributed by atoms with Crippen LogP contribution in [0, 0.1) is 11.3 Å². The number of thiazole rings is 1. The van der Waals surface area contributed by atoms with Gasteiger partial charge in [0.2, 0.25) is 0 Å². The Hall–Kier alpha value is -1.84. The van der Waals surface area contributed by atoms with Crippen LogP contribution in [0.3, 0.4) is 0 Å². The van der Waals surface area contributed by atoms with Crippen molar-refractivity contribution in [1.82, 2.24) is 4.98 Å². The number of rotatable bonds is 4. The molecule has 0 spiro atoms. The topological polar surface area (TPSA) is 74.0 Å². The van der Waals surface area contributed by atoms with Crippen molar-refractivity contribution in [2.75, 3.05) is 0 Å². The van der Waals surface area contributed by atoms with Crippen LogP contribution >= 0.6 is 23.1 Å². The molecule has 1 aromatic heterocycles. The van der Waals surface area contributed by atoms with Gasteiger partial charge < -0.3 is 5.11 Å². The molecule has 1 aromatic carbocycles. The van der Waals surface area contributed by atoms with Crippen LogP contribution in [0.4, 0.5) is 0 Å². The Labute approximate surface area is 112 Å². The lowest BCUT2D eigenvalue weighted by Gasteiger charge is -1.99. The molecule has 0 atom stereocenters. The fourth-order valence-electron chi connectivity index (χ4n) is 1.31. The van der Waals surface area contributed by atoms with Gasteiger partial charge in [0.05, 0.1) is 17.7 Å². The first kappa shape index (κ1) is 12.6. The molecule has 0 amide bonds. The highest BCUT2D eigenvalue weighted by molar-refractivity contribution is 8.01. The fraction of sp³-hybridized carbons (Fsp3) is 0.0833. The second-order valence-corrected chi connectivity index (χ2v) is 5.53. The molecule has 2 aromatic rings. The SMILES string of the molecule is N#Cc1ccccc1Sc1nc(CC(=O)O)cs1. The summed E-state index contributed by atoms with van der Waals surface area (Å²) in [5.74, 6) is -0.894. The number of hydrogen-bond donors (Lipinski definition) is 1. The normalized spacial score (nSPS) is 9.94. The van der Waals surface area contributed by atoms with Gasteiger partial charge in [0.25, 0.3) is 0 Å². The van der Waals surface area contributed by atoms with Gasteiger partial charge in [0.15, 0.2) is 4.34 Å². The Kier molecular flexibility index (Phi) is 3.97. The first-order valence-electron chi connectivity index (χ1n) is 5.02. The van der Waals surface area contributed by atoms with Crippen LogP contribution < -0.4 is 0 Å². The predicted molar refractivity (Wildman–Crippen MR) is 68.7 cm³/mol. The van der Waals surface area contributed by atoms with Gasteiger partial charge in [0.1, 0.15) is 6.07 Å². The molecule has 6 heteroatoms. The minimum Gasteiger partial charge on any atom is -0.481 e. The molecule has 0 saturated heterocycles. The van der Waals surface area contributed by atoms with Gasteiger partial charge in [-0.15, -0.1) is 11.3 Å². The maximum absolute atomic E-state index is 10.6. The Morgan fingerprint density at radius 2 is 2.28 bits per heavy atom. The van der Waals surface area contributed by atoms with Gasteiger partial charge in [-0.05, 0) is 12.1 Å². The summed E-state index contributed by atoms with van der Waals surface area (Å²) in [5.41, 5.74) is 1.14. The lowest BCUT2D eigenvalue weighted by atomic mass is 10.2. The quantitative estimate of drug-likeness (QED) is 0.929. The number of carboxylic acids is 1. The zero-order chi connectivity index (χ0) is 13.0. The number of aliphatic carboxylic acids is 1.